The Kier molecular flexibility index (Phi) is 1.00. The molecule has 0 saturated heterocycles. The maximum absolute atomic E-state index is 1.62. The molecule has 0 aliphatic heterocycles. The fourth-order valence-corrected chi connectivity index (χ4v) is 3.82. The number of rotatable bonds is 0. The van der Waals surface area contributed by atoms with Gasteiger partial charge in [0.2, 0.25) is 0 Å². The van der Waals surface area contributed by atoms with Crippen molar-refractivity contribution in [1.82, 2.24) is 0 Å². The van der Waals surface area contributed by atoms with Gasteiger partial charge in [0.1, 0.15) is 0 Å². The van der Waals surface area contributed by atoms with E-state index in [1.54, 1.807) is 38.5 Å². The molecule has 0 aromatic heterocycles. The standard InChI is InChI=1S/C10H16/c1-2-8-5-7(1)9-3-4-10(8)6-9/h7-10H,1-6H2/t7-,8-,9+,10+. The third-order valence-corrected chi connectivity index (χ3v) is 4.36. The molecule has 0 nitrogen and oxygen atoms in total. The van der Waals surface area contributed by atoms with Crippen LogP contribution in [0.5, 0.6) is 0 Å². The van der Waals surface area contributed by atoms with Crippen molar-refractivity contribution in [3.05, 3.63) is 0 Å². The van der Waals surface area contributed by atoms with Gasteiger partial charge in [0, 0.05) is 0 Å². The summed E-state index contributed by atoms with van der Waals surface area (Å²) in [7, 11) is 0. The lowest BCUT2D eigenvalue weighted by molar-refractivity contribution is 0.243. The first-order valence-corrected chi connectivity index (χ1v) is 4.93. The second-order valence-corrected chi connectivity index (χ2v) is 4.67. The van der Waals surface area contributed by atoms with Crippen LogP contribution in [0.2, 0.25) is 0 Å². The number of hydrogen-bond donors (Lipinski definition) is 0. The molecule has 4 bridgehead atoms. The first-order chi connectivity index (χ1) is 4.93. The van der Waals surface area contributed by atoms with E-state index < -0.39 is 0 Å². The Hall–Kier alpha value is 0. The van der Waals surface area contributed by atoms with Gasteiger partial charge in [-0.25, -0.2) is 0 Å². The molecule has 0 amide bonds. The predicted octanol–water partition coefficient (Wildman–Crippen LogP) is 2.83. The van der Waals surface area contributed by atoms with Crippen LogP contribution in [0.1, 0.15) is 38.5 Å². The molecule has 3 saturated carbocycles. The van der Waals surface area contributed by atoms with Crippen molar-refractivity contribution in [2.24, 2.45) is 23.7 Å². The Morgan fingerprint density at radius 2 is 0.800 bits per heavy atom. The van der Waals surface area contributed by atoms with Gasteiger partial charge in [-0.15, -0.1) is 0 Å². The van der Waals surface area contributed by atoms with E-state index in [-0.39, 0.29) is 0 Å². The Bertz CT molecular complexity index is 116. The Morgan fingerprint density at radius 3 is 1.10 bits per heavy atom. The Morgan fingerprint density at radius 1 is 0.500 bits per heavy atom. The minimum Gasteiger partial charge on any atom is -0.0499 e. The lowest BCUT2D eigenvalue weighted by Crippen LogP contribution is -2.17. The zero-order valence-electron chi connectivity index (χ0n) is 6.55. The summed E-state index contributed by atoms with van der Waals surface area (Å²) < 4.78 is 0. The lowest BCUT2D eigenvalue weighted by atomic mass is 9.80. The molecule has 0 N–H and O–H groups in total. The summed E-state index contributed by atoms with van der Waals surface area (Å²) >= 11 is 0. The first kappa shape index (κ1) is 5.62. The SMILES string of the molecule is C1C[C@@H]2C[C@@H]1[C@H]1CC[C@H]2C1. The van der Waals surface area contributed by atoms with Crippen molar-refractivity contribution >= 4 is 0 Å². The normalized spacial score (nSPS) is 57.6. The number of fused-ring (bicyclic) bond motifs is 6. The van der Waals surface area contributed by atoms with Gasteiger partial charge >= 0.3 is 0 Å². The van der Waals surface area contributed by atoms with Gasteiger partial charge in [-0.2, -0.15) is 0 Å². The van der Waals surface area contributed by atoms with Crippen molar-refractivity contribution in [2.75, 3.05) is 0 Å². The fourth-order valence-electron chi connectivity index (χ4n) is 3.82. The van der Waals surface area contributed by atoms with E-state index in [1.165, 1.54) is 23.7 Å². The van der Waals surface area contributed by atoms with Gasteiger partial charge in [-0.1, -0.05) is 0 Å². The molecule has 3 aliphatic rings. The second-order valence-electron chi connectivity index (χ2n) is 4.67. The maximum atomic E-state index is 1.62. The third-order valence-electron chi connectivity index (χ3n) is 4.36. The topological polar surface area (TPSA) is 0 Å². The summed E-state index contributed by atoms with van der Waals surface area (Å²) in [6.07, 6.45) is 9.60. The van der Waals surface area contributed by atoms with Crippen LogP contribution < -0.4 is 0 Å². The van der Waals surface area contributed by atoms with Crippen LogP contribution in [0.3, 0.4) is 0 Å². The van der Waals surface area contributed by atoms with E-state index in [0.29, 0.717) is 0 Å². The maximum Gasteiger partial charge on any atom is -0.0383 e. The molecule has 0 aromatic carbocycles. The molecule has 0 heteroatoms. The summed E-state index contributed by atoms with van der Waals surface area (Å²) in [4.78, 5) is 0. The van der Waals surface area contributed by atoms with Gasteiger partial charge < -0.3 is 0 Å². The monoisotopic (exact) mass is 136 g/mol. The van der Waals surface area contributed by atoms with Crippen LogP contribution in [0.4, 0.5) is 0 Å². The molecule has 0 spiro atoms. The zero-order valence-corrected chi connectivity index (χ0v) is 6.55. The van der Waals surface area contributed by atoms with Crippen LogP contribution >= 0.6 is 0 Å². The second kappa shape index (κ2) is 1.78. The van der Waals surface area contributed by atoms with Gasteiger partial charge in [-0.05, 0) is 62.2 Å². The van der Waals surface area contributed by atoms with Crippen LogP contribution in [0.25, 0.3) is 0 Å². The summed E-state index contributed by atoms with van der Waals surface area (Å²) in [5, 5.41) is 0. The highest BCUT2D eigenvalue weighted by Crippen LogP contribution is 2.55. The van der Waals surface area contributed by atoms with Gasteiger partial charge in [0.15, 0.2) is 0 Å². The molecule has 56 valence electrons. The highest BCUT2D eigenvalue weighted by molar-refractivity contribution is 4.95. The molecular formula is C10H16. The number of hydrogen-bond acceptors (Lipinski definition) is 0. The van der Waals surface area contributed by atoms with E-state index in [9.17, 15) is 0 Å². The minimum absolute atomic E-state index is 1.18. The highest BCUT2D eigenvalue weighted by Gasteiger charge is 2.44. The first-order valence-electron chi connectivity index (χ1n) is 4.93. The lowest BCUT2D eigenvalue weighted by Gasteiger charge is -2.25. The third kappa shape index (κ3) is 0.580. The van der Waals surface area contributed by atoms with Crippen molar-refractivity contribution in [3.8, 4) is 0 Å². The highest BCUT2D eigenvalue weighted by atomic mass is 14.5. The molecule has 3 rings (SSSR count). The molecule has 3 fully saturated rings. The van der Waals surface area contributed by atoms with Crippen LogP contribution in [-0.4, -0.2) is 0 Å². The van der Waals surface area contributed by atoms with E-state index in [2.05, 4.69) is 0 Å². The molecule has 3 aliphatic carbocycles. The zero-order chi connectivity index (χ0) is 6.55. The van der Waals surface area contributed by atoms with Crippen LogP contribution in [0, 0.1) is 23.7 Å². The van der Waals surface area contributed by atoms with Crippen molar-refractivity contribution in [1.29, 1.82) is 0 Å². The van der Waals surface area contributed by atoms with Gasteiger partial charge in [0.25, 0.3) is 0 Å². The Labute approximate surface area is 63.0 Å². The van der Waals surface area contributed by atoms with E-state index in [4.69, 9.17) is 0 Å². The van der Waals surface area contributed by atoms with E-state index >= 15 is 0 Å². The minimum atomic E-state index is 1.18. The fraction of sp³-hybridized carbons (Fsp3) is 1.00. The quantitative estimate of drug-likeness (QED) is 0.480. The summed E-state index contributed by atoms with van der Waals surface area (Å²) in [6, 6.07) is 0. The molecule has 4 atom stereocenters. The molecule has 0 radical (unpaired) electrons. The Balaban J connectivity index is 1.94. The van der Waals surface area contributed by atoms with Gasteiger partial charge in [-0.3, -0.25) is 0 Å². The van der Waals surface area contributed by atoms with E-state index in [0.717, 1.165) is 0 Å². The summed E-state index contributed by atoms with van der Waals surface area (Å²) in [5.74, 6) is 4.74. The summed E-state index contributed by atoms with van der Waals surface area (Å²) in [6.45, 7) is 0. The molecule has 0 aromatic rings. The smallest absolute Gasteiger partial charge is 0.0383 e. The average Bonchev–Trinajstić information content (AvgIpc) is 2.41. The van der Waals surface area contributed by atoms with Gasteiger partial charge in [0.05, 0.1) is 0 Å². The van der Waals surface area contributed by atoms with Crippen molar-refractivity contribution in [3.63, 3.8) is 0 Å². The molecular weight excluding hydrogens is 120 g/mol. The van der Waals surface area contributed by atoms with Crippen LogP contribution in [-0.2, 0) is 0 Å². The average molecular weight is 136 g/mol. The molecule has 0 unspecified atom stereocenters. The molecule has 0 heterocycles. The van der Waals surface area contributed by atoms with Crippen molar-refractivity contribution < 1.29 is 0 Å². The predicted molar refractivity (Wildman–Crippen MR) is 41.7 cm³/mol. The largest absolute Gasteiger partial charge is 0.0499 e. The van der Waals surface area contributed by atoms with Crippen LogP contribution in [0.15, 0.2) is 0 Å². The summed E-state index contributed by atoms with van der Waals surface area (Å²) in [5.41, 5.74) is 0. The molecule has 10 heavy (non-hydrogen) atoms. The van der Waals surface area contributed by atoms with Crippen molar-refractivity contribution in [2.45, 2.75) is 38.5 Å². The van der Waals surface area contributed by atoms with E-state index in [1.807, 2.05) is 0 Å².